The summed E-state index contributed by atoms with van der Waals surface area (Å²) >= 11 is 0. The molecule has 0 aromatic carbocycles. The maximum absolute atomic E-state index is 0. The molecule has 264 valence electrons. The van der Waals surface area contributed by atoms with Crippen molar-refractivity contribution in [2.24, 2.45) is 0 Å². The average Bonchev–Trinajstić information content (AvgIpc) is 0. The summed E-state index contributed by atoms with van der Waals surface area (Å²) in [4.78, 5) is 0. The Morgan fingerprint density at radius 3 is 0.0333 bits per heavy atom. The van der Waals surface area contributed by atoms with E-state index < -0.39 is 0 Å². The van der Waals surface area contributed by atoms with Crippen LogP contribution in [0.25, 0.3) is 0 Å². The second-order valence-corrected chi connectivity index (χ2v) is 0. The smallest absolute Gasteiger partial charge is 2.00 e. The molecule has 0 atom stereocenters. The van der Waals surface area contributed by atoms with Gasteiger partial charge in [0.25, 0.3) is 0 Å². The van der Waals surface area contributed by atoms with Crippen LogP contribution in [0.2, 0.25) is 0 Å². The molecule has 60 heavy (non-hydrogen) atoms. The predicted molar refractivity (Wildman–Crippen MR) is 178 cm³/mol. The van der Waals surface area contributed by atoms with Crippen molar-refractivity contribution in [3.8, 4) is 0 Å². The van der Waals surface area contributed by atoms with Gasteiger partial charge in [-0.1, -0.05) is 0 Å². The van der Waals surface area contributed by atoms with E-state index in [0.717, 1.165) is 0 Å². The second kappa shape index (κ2) is 582. The third-order valence-electron chi connectivity index (χ3n) is 0. The first-order chi connectivity index (χ1) is 0. The Kier molecular flexibility index (Phi) is 5810. The van der Waals surface area contributed by atoms with Crippen molar-refractivity contribution < 1.29 is 181 Å². The molecular formula is Ba27O33-12. The van der Waals surface area contributed by atoms with Crippen molar-refractivity contribution >= 4 is 1320 Å². The van der Waals surface area contributed by atoms with Gasteiger partial charge >= 0.3 is 1320 Å². The minimum absolute atomic E-state index is 0. The molecule has 0 saturated heterocycles. The van der Waals surface area contributed by atoms with Crippen LogP contribution in [-0.4, -0.2) is 1320 Å². The van der Waals surface area contributed by atoms with Crippen LogP contribution in [-0.2, 0) is 181 Å². The molecule has 0 aliphatic heterocycles. The van der Waals surface area contributed by atoms with E-state index in [1.54, 1.807) is 0 Å². The molecule has 0 fully saturated rings. The standard InChI is InChI=1S/27Ba.33O/q27*+2;33*-2. The van der Waals surface area contributed by atoms with E-state index in [9.17, 15) is 0 Å². The van der Waals surface area contributed by atoms with Gasteiger partial charge in [0.15, 0.2) is 0 Å². The first-order valence-electron chi connectivity index (χ1n) is 0. The molecule has 0 aromatic rings. The quantitative estimate of drug-likeness (QED) is 0.204. The van der Waals surface area contributed by atoms with Crippen LogP contribution in [0, 0.1) is 0 Å². The summed E-state index contributed by atoms with van der Waals surface area (Å²) in [5.74, 6) is 0. The molecule has 0 spiro atoms. The molecule has 60 heteroatoms. The average molecular weight is 4240 g/mol. The van der Waals surface area contributed by atoms with Gasteiger partial charge in [-0.3, -0.25) is 0 Å². The third kappa shape index (κ3) is 564. The first kappa shape index (κ1) is 600. The van der Waals surface area contributed by atoms with Crippen LogP contribution in [0.15, 0.2) is 0 Å². The van der Waals surface area contributed by atoms with Gasteiger partial charge in [0.05, 0.1) is 0 Å². The number of hydrogen-bond acceptors (Lipinski definition) is 0. The monoisotopic (exact) mass is 4250 g/mol. The van der Waals surface area contributed by atoms with Crippen molar-refractivity contribution in [2.75, 3.05) is 0 Å². The largest absolute Gasteiger partial charge is 2.00 e. The van der Waals surface area contributed by atoms with Crippen LogP contribution in [0.4, 0.5) is 0 Å². The Morgan fingerprint density at radius 2 is 0.0333 bits per heavy atom. The summed E-state index contributed by atoms with van der Waals surface area (Å²) < 4.78 is 0. The van der Waals surface area contributed by atoms with Crippen molar-refractivity contribution in [3.05, 3.63) is 0 Å². The number of hydrogen-bond donors (Lipinski definition) is 0. The predicted octanol–water partition coefficient (Wildman–Crippen LogP) is -14.2. The van der Waals surface area contributed by atoms with Crippen LogP contribution < -0.4 is 0 Å². The molecule has 0 bridgehead atoms. The fourth-order valence-electron chi connectivity index (χ4n) is 0. The number of rotatable bonds is 0. The van der Waals surface area contributed by atoms with E-state index in [1.807, 2.05) is 0 Å². The molecule has 0 N–H and O–H groups in total. The zero-order valence-electron chi connectivity index (χ0n) is 32.6. The van der Waals surface area contributed by atoms with Crippen molar-refractivity contribution in [1.29, 1.82) is 0 Å². The third-order valence-corrected chi connectivity index (χ3v) is 0. The van der Waals surface area contributed by atoms with Gasteiger partial charge in [-0.15, -0.1) is 0 Å². The van der Waals surface area contributed by atoms with Gasteiger partial charge < -0.3 is 181 Å². The minimum atomic E-state index is 0. The van der Waals surface area contributed by atoms with Crippen molar-refractivity contribution in [2.45, 2.75) is 0 Å². The summed E-state index contributed by atoms with van der Waals surface area (Å²) in [5, 5.41) is 0. The Hall–Kier alpha value is 41.1. The topological polar surface area (TPSA) is 940 Å². The molecule has 0 aromatic heterocycles. The summed E-state index contributed by atoms with van der Waals surface area (Å²) in [7, 11) is 0. The Bertz CT molecular complexity index is 59.6. The first-order valence-corrected chi connectivity index (χ1v) is 0. The van der Waals surface area contributed by atoms with Crippen LogP contribution in [0.3, 0.4) is 0 Å². The summed E-state index contributed by atoms with van der Waals surface area (Å²) in [5.41, 5.74) is 0. The molecule has 0 unspecified atom stereocenters. The van der Waals surface area contributed by atoms with Crippen LogP contribution >= 0.6 is 0 Å². The van der Waals surface area contributed by atoms with Crippen LogP contribution in [0.1, 0.15) is 0 Å². The minimum Gasteiger partial charge on any atom is -2.00 e. The molecule has 0 rings (SSSR count). The fraction of sp³-hybridized carbons (Fsp3) is 0. The van der Waals surface area contributed by atoms with Gasteiger partial charge in [0.1, 0.15) is 0 Å². The van der Waals surface area contributed by atoms with E-state index in [1.165, 1.54) is 0 Å². The molecule has 0 amide bonds. The molecule has 0 heterocycles. The van der Waals surface area contributed by atoms with Crippen molar-refractivity contribution in [3.63, 3.8) is 0 Å². The summed E-state index contributed by atoms with van der Waals surface area (Å²) in [6.45, 7) is 0. The zero-order chi connectivity index (χ0) is 0. The van der Waals surface area contributed by atoms with E-state index in [0.29, 0.717) is 0 Å². The summed E-state index contributed by atoms with van der Waals surface area (Å²) in [6, 6.07) is 0. The molecule has 0 aliphatic rings. The second-order valence-electron chi connectivity index (χ2n) is 0. The van der Waals surface area contributed by atoms with Gasteiger partial charge in [-0.25, -0.2) is 0 Å². The van der Waals surface area contributed by atoms with Crippen LogP contribution in [0.5, 0.6) is 0 Å². The Morgan fingerprint density at radius 1 is 0.0333 bits per heavy atom. The normalized spacial score (nSPS) is 0. The Balaban J connectivity index is 0. The van der Waals surface area contributed by atoms with Gasteiger partial charge in [0, 0.05) is 0 Å². The Labute approximate surface area is 1440 Å². The molecule has 0 saturated carbocycles. The maximum Gasteiger partial charge on any atom is 2.00 e. The van der Waals surface area contributed by atoms with Crippen molar-refractivity contribution in [1.82, 2.24) is 0 Å². The molecule has 33 nitrogen and oxygen atoms in total. The fourth-order valence-corrected chi connectivity index (χ4v) is 0. The molecule has 0 aliphatic carbocycles. The van der Waals surface area contributed by atoms with Gasteiger partial charge in [-0.05, 0) is 0 Å². The zero-order valence-corrected chi connectivity index (χ0v) is 152. The van der Waals surface area contributed by atoms with E-state index >= 15 is 0 Å². The summed E-state index contributed by atoms with van der Waals surface area (Å²) in [6.07, 6.45) is 0. The maximum atomic E-state index is 0. The van der Waals surface area contributed by atoms with Gasteiger partial charge in [0.2, 0.25) is 0 Å². The van der Waals surface area contributed by atoms with E-state index in [2.05, 4.69) is 0 Å². The van der Waals surface area contributed by atoms with Gasteiger partial charge in [-0.2, -0.15) is 0 Å². The SMILES string of the molecule is [Ba+2].[Ba+2].[Ba+2].[Ba+2].[Ba+2].[Ba+2].[Ba+2].[Ba+2].[Ba+2].[Ba+2].[Ba+2].[Ba+2].[Ba+2].[Ba+2].[Ba+2].[Ba+2].[Ba+2].[Ba+2].[Ba+2].[Ba+2].[Ba+2].[Ba+2].[Ba+2].[Ba+2].[Ba+2].[Ba+2].[Ba+2].[O-2].[O-2].[O-2].[O-2].[O-2].[O-2].[O-2].[O-2].[O-2].[O-2].[O-2].[O-2].[O-2].[O-2].[O-2].[O-2].[O-2].[O-2].[O-2].[O-2].[O-2].[O-2].[O-2].[O-2].[O-2].[O-2].[O-2].[O-2].[O-2].[O-2].[O-2].[O-2].[O-2]. The van der Waals surface area contributed by atoms with E-state index in [-0.39, 0.29) is 1500 Å². The molecular weight excluding hydrogens is 4240 g/mol. The van der Waals surface area contributed by atoms with E-state index in [4.69, 9.17) is 0 Å². The molecule has 0 radical (unpaired) electrons.